The Kier molecular flexibility index (Phi) is 6.67. The number of benzene rings is 2. The van der Waals surface area contributed by atoms with Crippen LogP contribution in [0.5, 0.6) is 0 Å². The lowest BCUT2D eigenvalue weighted by Gasteiger charge is -2.27. The quantitative estimate of drug-likeness (QED) is 0.545. The standard InChI is InChI=1S/C23H25N3O2S/c1-4-26(16(2)3)20-13-7-17(8-14-20)22(27)24-18-9-11-19(12-10-18)25-23(28)21-6-5-15-29-21/h5-16H,4H2,1-3H3,(H,24,27)(H,25,28). The molecule has 0 saturated heterocycles. The summed E-state index contributed by atoms with van der Waals surface area (Å²) < 4.78 is 0. The molecule has 2 aromatic carbocycles. The Balaban J connectivity index is 1.61. The normalized spacial score (nSPS) is 10.6. The van der Waals surface area contributed by atoms with Gasteiger partial charge in [-0.1, -0.05) is 6.07 Å². The summed E-state index contributed by atoms with van der Waals surface area (Å²) in [5.74, 6) is -0.307. The average molecular weight is 408 g/mol. The van der Waals surface area contributed by atoms with Crippen molar-refractivity contribution in [1.29, 1.82) is 0 Å². The minimum atomic E-state index is -0.167. The second kappa shape index (κ2) is 9.39. The van der Waals surface area contributed by atoms with Crippen LogP contribution in [-0.4, -0.2) is 24.4 Å². The molecule has 0 atom stereocenters. The Hall–Kier alpha value is -3.12. The highest BCUT2D eigenvalue weighted by Crippen LogP contribution is 2.20. The number of rotatable bonds is 7. The number of carbonyl (C=O) groups excluding carboxylic acids is 2. The van der Waals surface area contributed by atoms with Crippen LogP contribution in [0.2, 0.25) is 0 Å². The Bertz CT molecular complexity index is 949. The molecule has 0 aliphatic carbocycles. The minimum absolute atomic E-state index is 0.139. The van der Waals surface area contributed by atoms with Gasteiger partial charge in [0.2, 0.25) is 0 Å². The van der Waals surface area contributed by atoms with Crippen LogP contribution in [0.4, 0.5) is 17.1 Å². The fourth-order valence-electron chi connectivity index (χ4n) is 3.09. The first-order chi connectivity index (χ1) is 14.0. The van der Waals surface area contributed by atoms with Crippen molar-refractivity contribution in [2.45, 2.75) is 26.8 Å². The molecule has 150 valence electrons. The van der Waals surface area contributed by atoms with E-state index in [0.29, 0.717) is 27.9 Å². The number of carbonyl (C=O) groups is 2. The molecular weight excluding hydrogens is 382 g/mol. The number of amides is 2. The van der Waals surface area contributed by atoms with Gasteiger partial charge in [0.1, 0.15) is 0 Å². The zero-order valence-corrected chi connectivity index (χ0v) is 17.6. The zero-order valence-electron chi connectivity index (χ0n) is 16.8. The topological polar surface area (TPSA) is 61.4 Å². The van der Waals surface area contributed by atoms with Gasteiger partial charge in [-0.3, -0.25) is 9.59 Å². The maximum atomic E-state index is 12.5. The molecule has 2 N–H and O–H groups in total. The molecule has 6 heteroatoms. The summed E-state index contributed by atoms with van der Waals surface area (Å²) in [5, 5.41) is 7.59. The fraction of sp³-hybridized carbons (Fsp3) is 0.217. The van der Waals surface area contributed by atoms with E-state index in [-0.39, 0.29) is 11.8 Å². The van der Waals surface area contributed by atoms with Crippen molar-refractivity contribution < 1.29 is 9.59 Å². The molecule has 0 bridgehead atoms. The number of anilines is 3. The van der Waals surface area contributed by atoms with Gasteiger partial charge in [-0.15, -0.1) is 11.3 Å². The maximum Gasteiger partial charge on any atom is 0.265 e. The lowest BCUT2D eigenvalue weighted by Crippen LogP contribution is -2.30. The Labute approximate surface area is 175 Å². The summed E-state index contributed by atoms with van der Waals surface area (Å²) in [7, 11) is 0. The van der Waals surface area contributed by atoms with Gasteiger partial charge < -0.3 is 15.5 Å². The smallest absolute Gasteiger partial charge is 0.265 e. The van der Waals surface area contributed by atoms with Gasteiger partial charge in [-0.2, -0.15) is 0 Å². The van der Waals surface area contributed by atoms with Crippen molar-refractivity contribution in [3.8, 4) is 0 Å². The summed E-state index contributed by atoms with van der Waals surface area (Å²) in [5.41, 5.74) is 3.05. The van der Waals surface area contributed by atoms with Crippen molar-refractivity contribution in [3.05, 3.63) is 76.5 Å². The van der Waals surface area contributed by atoms with Crippen molar-refractivity contribution in [2.75, 3.05) is 22.1 Å². The van der Waals surface area contributed by atoms with Crippen molar-refractivity contribution in [1.82, 2.24) is 0 Å². The lowest BCUT2D eigenvalue weighted by molar-refractivity contribution is 0.102. The highest BCUT2D eigenvalue weighted by atomic mass is 32.1. The number of hydrogen-bond acceptors (Lipinski definition) is 4. The van der Waals surface area contributed by atoms with Gasteiger partial charge >= 0.3 is 0 Å². The molecule has 1 aromatic heterocycles. The van der Waals surface area contributed by atoms with Crippen LogP contribution in [0.1, 0.15) is 40.8 Å². The molecule has 0 aliphatic rings. The molecule has 0 unspecified atom stereocenters. The van der Waals surface area contributed by atoms with Gasteiger partial charge in [0.15, 0.2) is 0 Å². The molecule has 0 aliphatic heterocycles. The average Bonchev–Trinajstić information content (AvgIpc) is 3.25. The monoisotopic (exact) mass is 407 g/mol. The van der Waals surface area contributed by atoms with Crippen LogP contribution in [0.3, 0.4) is 0 Å². The van der Waals surface area contributed by atoms with E-state index in [1.54, 1.807) is 30.3 Å². The highest BCUT2D eigenvalue weighted by Gasteiger charge is 2.11. The summed E-state index contributed by atoms with van der Waals surface area (Å²) in [6.45, 7) is 7.33. The van der Waals surface area contributed by atoms with Crippen LogP contribution in [0.15, 0.2) is 66.0 Å². The Morgan fingerprint density at radius 3 is 1.97 bits per heavy atom. The molecule has 5 nitrogen and oxygen atoms in total. The van der Waals surface area contributed by atoms with Gasteiger partial charge in [-0.05, 0) is 80.7 Å². The maximum absolute atomic E-state index is 12.5. The van der Waals surface area contributed by atoms with Crippen LogP contribution >= 0.6 is 11.3 Å². The second-order valence-electron chi connectivity index (χ2n) is 6.89. The van der Waals surface area contributed by atoms with Crippen molar-refractivity contribution in [2.24, 2.45) is 0 Å². The first-order valence-electron chi connectivity index (χ1n) is 9.61. The molecule has 3 rings (SSSR count). The van der Waals surface area contributed by atoms with Crippen LogP contribution < -0.4 is 15.5 Å². The zero-order chi connectivity index (χ0) is 20.8. The molecule has 0 fully saturated rings. The first-order valence-corrected chi connectivity index (χ1v) is 10.5. The summed E-state index contributed by atoms with van der Waals surface area (Å²) in [4.78, 5) is 27.5. The number of hydrogen-bond donors (Lipinski definition) is 2. The summed E-state index contributed by atoms with van der Waals surface area (Å²) in [6, 6.07) is 18.7. The van der Waals surface area contributed by atoms with Crippen LogP contribution in [0.25, 0.3) is 0 Å². The summed E-state index contributed by atoms with van der Waals surface area (Å²) >= 11 is 1.39. The van der Waals surface area contributed by atoms with E-state index in [1.807, 2.05) is 35.7 Å². The molecule has 0 spiro atoms. The molecule has 3 aromatic rings. The van der Waals surface area contributed by atoms with Crippen molar-refractivity contribution >= 4 is 40.2 Å². The van der Waals surface area contributed by atoms with E-state index in [4.69, 9.17) is 0 Å². The third kappa shape index (κ3) is 5.23. The molecule has 0 saturated carbocycles. The third-order valence-electron chi connectivity index (χ3n) is 4.57. The van der Waals surface area contributed by atoms with Gasteiger partial charge in [-0.25, -0.2) is 0 Å². The molecule has 0 radical (unpaired) electrons. The number of nitrogens with one attached hydrogen (secondary N) is 2. The third-order valence-corrected chi connectivity index (χ3v) is 5.44. The van der Waals surface area contributed by atoms with E-state index in [1.165, 1.54) is 11.3 Å². The molecule has 2 amide bonds. The van der Waals surface area contributed by atoms with E-state index in [9.17, 15) is 9.59 Å². The van der Waals surface area contributed by atoms with E-state index in [0.717, 1.165) is 12.2 Å². The molecule has 1 heterocycles. The summed E-state index contributed by atoms with van der Waals surface area (Å²) in [6.07, 6.45) is 0. The predicted octanol–water partition coefficient (Wildman–Crippen LogP) is 5.49. The minimum Gasteiger partial charge on any atom is -0.369 e. The van der Waals surface area contributed by atoms with E-state index >= 15 is 0 Å². The lowest BCUT2D eigenvalue weighted by atomic mass is 10.1. The van der Waals surface area contributed by atoms with Crippen LogP contribution in [0, 0.1) is 0 Å². The number of nitrogens with zero attached hydrogens (tertiary/aromatic N) is 1. The second-order valence-corrected chi connectivity index (χ2v) is 7.84. The SMILES string of the molecule is CCN(c1ccc(C(=O)Nc2ccc(NC(=O)c3cccs3)cc2)cc1)C(C)C. The van der Waals surface area contributed by atoms with Crippen LogP contribution in [-0.2, 0) is 0 Å². The fourth-order valence-corrected chi connectivity index (χ4v) is 3.71. The Morgan fingerprint density at radius 1 is 0.897 bits per heavy atom. The van der Waals surface area contributed by atoms with Gasteiger partial charge in [0.05, 0.1) is 4.88 Å². The first kappa shape index (κ1) is 20.6. The van der Waals surface area contributed by atoms with Gasteiger partial charge in [0, 0.05) is 35.2 Å². The van der Waals surface area contributed by atoms with E-state index < -0.39 is 0 Å². The molecular formula is C23H25N3O2S. The molecule has 29 heavy (non-hydrogen) atoms. The highest BCUT2D eigenvalue weighted by molar-refractivity contribution is 7.12. The van der Waals surface area contributed by atoms with Crippen molar-refractivity contribution in [3.63, 3.8) is 0 Å². The Morgan fingerprint density at radius 2 is 1.48 bits per heavy atom. The predicted molar refractivity (Wildman–Crippen MR) is 121 cm³/mol. The van der Waals surface area contributed by atoms with E-state index in [2.05, 4.69) is 36.3 Å². The largest absolute Gasteiger partial charge is 0.369 e. The number of thiophene rings is 1. The van der Waals surface area contributed by atoms with Gasteiger partial charge in [0.25, 0.3) is 11.8 Å².